The van der Waals surface area contributed by atoms with Gasteiger partial charge in [-0.05, 0) is 32.1 Å². The Balaban J connectivity index is 3.81. The molecule has 0 aromatic carbocycles. The van der Waals surface area contributed by atoms with Crippen LogP contribution in [0.4, 0.5) is 0 Å². The van der Waals surface area contributed by atoms with Crippen molar-refractivity contribution < 1.29 is 14.6 Å². The second-order valence-corrected chi connectivity index (χ2v) is 5.28. The Hall–Kier alpha value is -0.610. The Labute approximate surface area is 105 Å². The Morgan fingerprint density at radius 1 is 1.47 bits per heavy atom. The highest BCUT2D eigenvalue weighted by molar-refractivity contribution is 5.69. The van der Waals surface area contributed by atoms with Crippen LogP contribution in [0.15, 0.2) is 0 Å². The van der Waals surface area contributed by atoms with Crippen molar-refractivity contribution in [3.8, 4) is 0 Å². The van der Waals surface area contributed by atoms with Crippen LogP contribution in [0.2, 0.25) is 0 Å². The van der Waals surface area contributed by atoms with Crippen molar-refractivity contribution >= 4 is 5.97 Å². The molecule has 0 bridgehead atoms. The standard InChI is InChI=1S/C13H27NO3/c1-5-17-12(16)9-11(2)14-10-13(3,4)7-6-8-15/h11,14-15H,5-10H2,1-4H3. The van der Waals surface area contributed by atoms with Gasteiger partial charge in [0, 0.05) is 19.2 Å². The lowest BCUT2D eigenvalue weighted by atomic mass is 9.87. The van der Waals surface area contributed by atoms with Crippen LogP contribution < -0.4 is 5.32 Å². The monoisotopic (exact) mass is 245 g/mol. The minimum Gasteiger partial charge on any atom is -0.466 e. The molecule has 0 saturated carbocycles. The van der Waals surface area contributed by atoms with Gasteiger partial charge in [-0.15, -0.1) is 0 Å². The number of rotatable bonds is 9. The van der Waals surface area contributed by atoms with Gasteiger partial charge in [0.25, 0.3) is 0 Å². The van der Waals surface area contributed by atoms with Crippen molar-refractivity contribution in [2.45, 2.75) is 53.0 Å². The number of hydrogen-bond donors (Lipinski definition) is 2. The summed E-state index contributed by atoms with van der Waals surface area (Å²) in [5.74, 6) is -0.152. The van der Waals surface area contributed by atoms with E-state index in [1.165, 1.54) is 0 Å². The molecule has 0 amide bonds. The highest BCUT2D eigenvalue weighted by Crippen LogP contribution is 2.21. The predicted molar refractivity (Wildman–Crippen MR) is 68.8 cm³/mol. The third-order valence-electron chi connectivity index (χ3n) is 2.72. The van der Waals surface area contributed by atoms with E-state index in [4.69, 9.17) is 9.84 Å². The molecule has 2 N–H and O–H groups in total. The van der Waals surface area contributed by atoms with Crippen molar-refractivity contribution in [3.63, 3.8) is 0 Å². The van der Waals surface area contributed by atoms with Gasteiger partial charge in [-0.3, -0.25) is 4.79 Å². The summed E-state index contributed by atoms with van der Waals surface area (Å²) < 4.78 is 4.90. The Morgan fingerprint density at radius 3 is 2.65 bits per heavy atom. The van der Waals surface area contributed by atoms with Crippen LogP contribution in [0.3, 0.4) is 0 Å². The molecular formula is C13H27NO3. The number of carbonyl (C=O) groups excluding carboxylic acids is 1. The molecule has 0 aromatic rings. The molecule has 0 saturated heterocycles. The van der Waals surface area contributed by atoms with Crippen LogP contribution in [-0.2, 0) is 9.53 Å². The number of aliphatic hydroxyl groups is 1. The van der Waals surface area contributed by atoms with Crippen molar-refractivity contribution in [1.29, 1.82) is 0 Å². The highest BCUT2D eigenvalue weighted by atomic mass is 16.5. The SMILES string of the molecule is CCOC(=O)CC(C)NCC(C)(C)CCCO. The van der Waals surface area contributed by atoms with E-state index < -0.39 is 0 Å². The van der Waals surface area contributed by atoms with Gasteiger partial charge in [0.1, 0.15) is 0 Å². The number of nitrogens with one attached hydrogen (secondary N) is 1. The maximum Gasteiger partial charge on any atom is 0.307 e. The summed E-state index contributed by atoms with van der Waals surface area (Å²) in [7, 11) is 0. The molecule has 0 aromatic heterocycles. The van der Waals surface area contributed by atoms with Gasteiger partial charge < -0.3 is 15.2 Å². The summed E-state index contributed by atoms with van der Waals surface area (Å²) >= 11 is 0. The first-order valence-electron chi connectivity index (χ1n) is 6.41. The number of carbonyl (C=O) groups is 1. The van der Waals surface area contributed by atoms with Gasteiger partial charge in [-0.1, -0.05) is 13.8 Å². The van der Waals surface area contributed by atoms with E-state index in [1.807, 2.05) is 13.8 Å². The van der Waals surface area contributed by atoms with Crippen LogP contribution in [0.1, 0.15) is 47.0 Å². The minimum atomic E-state index is -0.152. The number of hydrogen-bond acceptors (Lipinski definition) is 4. The molecule has 0 radical (unpaired) electrons. The fraction of sp³-hybridized carbons (Fsp3) is 0.923. The molecule has 0 rings (SSSR count). The third-order valence-corrected chi connectivity index (χ3v) is 2.72. The summed E-state index contributed by atoms with van der Waals surface area (Å²) in [6.07, 6.45) is 2.20. The van der Waals surface area contributed by atoms with Gasteiger partial charge in [0.05, 0.1) is 13.0 Å². The maximum atomic E-state index is 11.3. The zero-order valence-electron chi connectivity index (χ0n) is 11.6. The molecular weight excluding hydrogens is 218 g/mol. The lowest BCUT2D eigenvalue weighted by Gasteiger charge is -2.26. The van der Waals surface area contributed by atoms with Crippen molar-refractivity contribution in [2.75, 3.05) is 19.8 Å². The molecule has 0 aliphatic heterocycles. The molecule has 0 spiro atoms. The Morgan fingerprint density at radius 2 is 2.12 bits per heavy atom. The maximum absolute atomic E-state index is 11.3. The Bertz CT molecular complexity index is 217. The van der Waals surface area contributed by atoms with Crippen molar-refractivity contribution in [1.82, 2.24) is 5.32 Å². The first-order chi connectivity index (χ1) is 7.91. The smallest absolute Gasteiger partial charge is 0.307 e. The van der Waals surface area contributed by atoms with Gasteiger partial charge in [-0.2, -0.15) is 0 Å². The summed E-state index contributed by atoms with van der Waals surface area (Å²) in [5, 5.41) is 12.1. The van der Waals surface area contributed by atoms with Crippen LogP contribution in [0.25, 0.3) is 0 Å². The summed E-state index contributed by atoms with van der Waals surface area (Å²) in [5.41, 5.74) is 0.144. The lowest BCUT2D eigenvalue weighted by Crippen LogP contribution is -2.37. The molecule has 102 valence electrons. The van der Waals surface area contributed by atoms with Gasteiger partial charge in [0.2, 0.25) is 0 Å². The van der Waals surface area contributed by atoms with E-state index in [9.17, 15) is 4.79 Å². The van der Waals surface area contributed by atoms with E-state index in [0.717, 1.165) is 19.4 Å². The van der Waals surface area contributed by atoms with E-state index >= 15 is 0 Å². The second-order valence-electron chi connectivity index (χ2n) is 5.28. The van der Waals surface area contributed by atoms with Crippen molar-refractivity contribution in [2.24, 2.45) is 5.41 Å². The molecule has 1 atom stereocenters. The summed E-state index contributed by atoms with van der Waals surface area (Å²) in [4.78, 5) is 11.3. The van der Waals surface area contributed by atoms with E-state index in [1.54, 1.807) is 0 Å². The molecule has 4 heteroatoms. The average Bonchev–Trinajstić information content (AvgIpc) is 2.24. The molecule has 4 nitrogen and oxygen atoms in total. The highest BCUT2D eigenvalue weighted by Gasteiger charge is 2.19. The van der Waals surface area contributed by atoms with Crippen LogP contribution >= 0.6 is 0 Å². The molecule has 0 aliphatic rings. The zero-order valence-corrected chi connectivity index (χ0v) is 11.6. The fourth-order valence-electron chi connectivity index (χ4n) is 1.64. The predicted octanol–water partition coefficient (Wildman–Crippen LogP) is 1.72. The first kappa shape index (κ1) is 16.4. The number of aliphatic hydroxyl groups excluding tert-OH is 1. The molecule has 0 heterocycles. The van der Waals surface area contributed by atoms with Gasteiger partial charge in [-0.25, -0.2) is 0 Å². The van der Waals surface area contributed by atoms with E-state index in [-0.39, 0.29) is 24.0 Å². The largest absolute Gasteiger partial charge is 0.466 e. The Kier molecular flexibility index (Phi) is 8.17. The number of ether oxygens (including phenoxy) is 1. The van der Waals surface area contributed by atoms with E-state index in [2.05, 4.69) is 19.2 Å². The van der Waals surface area contributed by atoms with Crippen LogP contribution in [0, 0.1) is 5.41 Å². The average molecular weight is 245 g/mol. The van der Waals surface area contributed by atoms with Gasteiger partial charge in [0.15, 0.2) is 0 Å². The zero-order chi connectivity index (χ0) is 13.3. The molecule has 0 fully saturated rings. The molecule has 0 aliphatic carbocycles. The second kappa shape index (κ2) is 8.48. The van der Waals surface area contributed by atoms with Crippen LogP contribution in [-0.4, -0.2) is 36.9 Å². The summed E-state index contributed by atoms with van der Waals surface area (Å²) in [6.45, 7) is 9.63. The lowest BCUT2D eigenvalue weighted by molar-refractivity contribution is -0.143. The minimum absolute atomic E-state index is 0.127. The fourth-order valence-corrected chi connectivity index (χ4v) is 1.64. The summed E-state index contributed by atoms with van der Waals surface area (Å²) in [6, 6.07) is 0.127. The van der Waals surface area contributed by atoms with Crippen molar-refractivity contribution in [3.05, 3.63) is 0 Å². The normalized spacial score (nSPS) is 13.5. The first-order valence-corrected chi connectivity index (χ1v) is 6.41. The number of esters is 1. The quantitative estimate of drug-likeness (QED) is 0.607. The van der Waals surface area contributed by atoms with Crippen LogP contribution in [0.5, 0.6) is 0 Å². The topological polar surface area (TPSA) is 58.6 Å². The van der Waals surface area contributed by atoms with E-state index in [0.29, 0.717) is 13.0 Å². The van der Waals surface area contributed by atoms with Gasteiger partial charge >= 0.3 is 5.97 Å². The molecule has 17 heavy (non-hydrogen) atoms. The third kappa shape index (κ3) is 9.12. The molecule has 1 unspecified atom stereocenters.